The van der Waals surface area contributed by atoms with E-state index in [4.69, 9.17) is 11.6 Å². The second-order valence-corrected chi connectivity index (χ2v) is 4.53. The molecule has 0 fully saturated rings. The quantitative estimate of drug-likeness (QED) is 0.818. The molecular formula is C11H15ClN4. The molecule has 0 aliphatic heterocycles. The molecule has 0 bridgehead atoms. The van der Waals surface area contributed by atoms with Gasteiger partial charge in [-0.15, -0.1) is 0 Å². The standard InChI is InChI=1S/C11H15ClN4/c1-15(2)4-3-5-16-8-14-11-10(16)6-9(12)7-13-11/h6-8H,3-5H2,1-2H3. The Bertz CT molecular complexity index is 478. The average molecular weight is 239 g/mol. The van der Waals surface area contributed by atoms with E-state index in [1.54, 1.807) is 6.20 Å². The number of nitrogens with zero attached hydrogens (tertiary/aromatic N) is 4. The van der Waals surface area contributed by atoms with Crippen LogP contribution in [-0.4, -0.2) is 40.1 Å². The van der Waals surface area contributed by atoms with Gasteiger partial charge >= 0.3 is 0 Å². The average Bonchev–Trinajstić information content (AvgIpc) is 2.60. The lowest BCUT2D eigenvalue weighted by atomic mass is 10.3. The van der Waals surface area contributed by atoms with Crippen LogP contribution in [0.1, 0.15) is 6.42 Å². The van der Waals surface area contributed by atoms with E-state index in [1.165, 1.54) is 0 Å². The summed E-state index contributed by atoms with van der Waals surface area (Å²) >= 11 is 5.92. The van der Waals surface area contributed by atoms with Gasteiger partial charge in [0.1, 0.15) is 0 Å². The molecule has 0 saturated heterocycles. The van der Waals surface area contributed by atoms with Crippen LogP contribution in [0, 0.1) is 0 Å². The van der Waals surface area contributed by atoms with Gasteiger partial charge in [0.25, 0.3) is 0 Å². The molecule has 0 atom stereocenters. The molecule has 2 aromatic heterocycles. The molecule has 0 aliphatic rings. The number of rotatable bonds is 4. The third kappa shape index (κ3) is 2.51. The topological polar surface area (TPSA) is 34.0 Å². The number of hydrogen-bond donors (Lipinski definition) is 0. The summed E-state index contributed by atoms with van der Waals surface area (Å²) in [7, 11) is 4.15. The molecule has 0 saturated carbocycles. The summed E-state index contributed by atoms with van der Waals surface area (Å²) in [4.78, 5) is 10.6. The molecule has 86 valence electrons. The van der Waals surface area contributed by atoms with E-state index < -0.39 is 0 Å². The zero-order valence-electron chi connectivity index (χ0n) is 9.52. The van der Waals surface area contributed by atoms with Crippen LogP contribution >= 0.6 is 11.6 Å². The molecule has 0 radical (unpaired) electrons. The van der Waals surface area contributed by atoms with Crippen molar-refractivity contribution < 1.29 is 0 Å². The van der Waals surface area contributed by atoms with Crippen LogP contribution in [0.4, 0.5) is 0 Å². The predicted molar refractivity (Wildman–Crippen MR) is 65.7 cm³/mol. The van der Waals surface area contributed by atoms with Gasteiger partial charge in [0.05, 0.1) is 16.9 Å². The lowest BCUT2D eigenvalue weighted by Gasteiger charge is -2.09. The molecule has 5 heteroatoms. The van der Waals surface area contributed by atoms with Crippen LogP contribution in [0.15, 0.2) is 18.6 Å². The van der Waals surface area contributed by atoms with Crippen molar-refractivity contribution in [3.05, 3.63) is 23.6 Å². The Labute approximate surface area is 99.9 Å². The maximum Gasteiger partial charge on any atom is 0.177 e. The number of hydrogen-bond acceptors (Lipinski definition) is 3. The highest BCUT2D eigenvalue weighted by Gasteiger charge is 2.04. The highest BCUT2D eigenvalue weighted by Crippen LogP contribution is 2.15. The third-order valence-electron chi connectivity index (χ3n) is 2.45. The molecule has 0 aliphatic carbocycles. The maximum atomic E-state index is 5.92. The fraction of sp³-hybridized carbons (Fsp3) is 0.455. The van der Waals surface area contributed by atoms with Gasteiger partial charge in [-0.05, 0) is 33.1 Å². The van der Waals surface area contributed by atoms with Gasteiger partial charge in [-0.2, -0.15) is 0 Å². The van der Waals surface area contributed by atoms with E-state index in [1.807, 2.05) is 12.4 Å². The predicted octanol–water partition coefficient (Wildman–Crippen LogP) is 2.04. The molecule has 0 unspecified atom stereocenters. The van der Waals surface area contributed by atoms with Crippen LogP contribution in [-0.2, 0) is 6.54 Å². The second kappa shape index (κ2) is 4.80. The summed E-state index contributed by atoms with van der Waals surface area (Å²) in [5.41, 5.74) is 1.76. The minimum Gasteiger partial charge on any atom is -0.329 e. The minimum atomic E-state index is 0.654. The Morgan fingerprint density at radius 1 is 1.38 bits per heavy atom. The fourth-order valence-electron chi connectivity index (χ4n) is 1.65. The van der Waals surface area contributed by atoms with E-state index in [-0.39, 0.29) is 0 Å². The Balaban J connectivity index is 2.15. The normalized spacial score (nSPS) is 11.5. The van der Waals surface area contributed by atoms with Gasteiger partial charge in [-0.3, -0.25) is 0 Å². The maximum absolute atomic E-state index is 5.92. The first-order valence-corrected chi connectivity index (χ1v) is 5.66. The van der Waals surface area contributed by atoms with Crippen LogP contribution in [0.5, 0.6) is 0 Å². The molecule has 2 heterocycles. The lowest BCUT2D eigenvalue weighted by Crippen LogP contribution is -2.14. The fourth-order valence-corrected chi connectivity index (χ4v) is 1.81. The summed E-state index contributed by atoms with van der Waals surface area (Å²) < 4.78 is 2.09. The van der Waals surface area contributed by atoms with Crippen molar-refractivity contribution in [3.63, 3.8) is 0 Å². The van der Waals surface area contributed by atoms with Crippen molar-refractivity contribution in [2.45, 2.75) is 13.0 Å². The lowest BCUT2D eigenvalue weighted by molar-refractivity contribution is 0.387. The Kier molecular flexibility index (Phi) is 3.41. The first kappa shape index (κ1) is 11.4. The van der Waals surface area contributed by atoms with Gasteiger partial charge in [0.15, 0.2) is 5.65 Å². The summed E-state index contributed by atoms with van der Waals surface area (Å²) in [6, 6.07) is 1.91. The van der Waals surface area contributed by atoms with Crippen LogP contribution < -0.4 is 0 Å². The molecule has 2 aromatic rings. The monoisotopic (exact) mass is 238 g/mol. The number of aromatic nitrogens is 3. The number of aryl methyl sites for hydroxylation is 1. The molecular weight excluding hydrogens is 224 g/mol. The molecule has 0 amide bonds. The van der Waals surface area contributed by atoms with Gasteiger partial charge in [0.2, 0.25) is 0 Å². The van der Waals surface area contributed by atoms with E-state index in [2.05, 4.69) is 33.5 Å². The minimum absolute atomic E-state index is 0.654. The van der Waals surface area contributed by atoms with Gasteiger partial charge in [-0.25, -0.2) is 9.97 Å². The van der Waals surface area contributed by atoms with Gasteiger partial charge in [0, 0.05) is 12.7 Å². The number of halogens is 1. The smallest absolute Gasteiger partial charge is 0.177 e. The zero-order chi connectivity index (χ0) is 11.5. The Hall–Kier alpha value is -1.13. The first-order chi connectivity index (χ1) is 7.66. The van der Waals surface area contributed by atoms with Crippen molar-refractivity contribution in [2.75, 3.05) is 20.6 Å². The van der Waals surface area contributed by atoms with Crippen molar-refractivity contribution in [1.29, 1.82) is 0 Å². The first-order valence-electron chi connectivity index (χ1n) is 5.28. The van der Waals surface area contributed by atoms with Crippen LogP contribution in [0.25, 0.3) is 11.2 Å². The second-order valence-electron chi connectivity index (χ2n) is 4.09. The van der Waals surface area contributed by atoms with E-state index >= 15 is 0 Å². The largest absolute Gasteiger partial charge is 0.329 e. The molecule has 4 nitrogen and oxygen atoms in total. The molecule has 0 N–H and O–H groups in total. The summed E-state index contributed by atoms with van der Waals surface area (Å²) in [5, 5.41) is 0.654. The van der Waals surface area contributed by atoms with Crippen molar-refractivity contribution in [3.8, 4) is 0 Å². The van der Waals surface area contributed by atoms with Crippen LogP contribution in [0.3, 0.4) is 0 Å². The van der Waals surface area contributed by atoms with Crippen molar-refractivity contribution in [1.82, 2.24) is 19.4 Å². The summed E-state index contributed by atoms with van der Waals surface area (Å²) in [5.74, 6) is 0. The van der Waals surface area contributed by atoms with E-state index in [9.17, 15) is 0 Å². The highest BCUT2D eigenvalue weighted by atomic mass is 35.5. The highest BCUT2D eigenvalue weighted by molar-refractivity contribution is 6.31. The van der Waals surface area contributed by atoms with Crippen LogP contribution in [0.2, 0.25) is 5.02 Å². The number of imidazole rings is 1. The Morgan fingerprint density at radius 2 is 2.19 bits per heavy atom. The molecule has 2 rings (SSSR count). The van der Waals surface area contributed by atoms with Crippen molar-refractivity contribution in [2.24, 2.45) is 0 Å². The third-order valence-corrected chi connectivity index (χ3v) is 2.65. The van der Waals surface area contributed by atoms with Gasteiger partial charge < -0.3 is 9.47 Å². The number of fused-ring (bicyclic) bond motifs is 1. The molecule has 0 spiro atoms. The van der Waals surface area contributed by atoms with Gasteiger partial charge in [-0.1, -0.05) is 11.6 Å². The summed E-state index contributed by atoms with van der Waals surface area (Å²) in [6.45, 7) is 2.00. The number of pyridine rings is 1. The molecule has 16 heavy (non-hydrogen) atoms. The SMILES string of the molecule is CN(C)CCCn1cnc2ncc(Cl)cc21. The van der Waals surface area contributed by atoms with Crippen molar-refractivity contribution >= 4 is 22.8 Å². The van der Waals surface area contributed by atoms with E-state index in [0.717, 1.165) is 30.7 Å². The Morgan fingerprint density at radius 3 is 2.94 bits per heavy atom. The summed E-state index contributed by atoms with van der Waals surface area (Å²) in [6.07, 6.45) is 4.54. The molecule has 0 aromatic carbocycles. The zero-order valence-corrected chi connectivity index (χ0v) is 10.3. The van der Waals surface area contributed by atoms with E-state index in [0.29, 0.717) is 5.02 Å².